The van der Waals surface area contributed by atoms with E-state index in [9.17, 15) is 0 Å². The second-order valence-corrected chi connectivity index (χ2v) is 5.06. The van der Waals surface area contributed by atoms with Gasteiger partial charge in [-0.3, -0.25) is 9.98 Å². The molecule has 0 bridgehead atoms. The molecular weight excluding hydrogens is 415 g/mol. The molecule has 1 heterocycles. The first kappa shape index (κ1) is 20.2. The van der Waals surface area contributed by atoms with Gasteiger partial charge in [-0.05, 0) is 30.2 Å². The van der Waals surface area contributed by atoms with Gasteiger partial charge in [0.05, 0.1) is 7.11 Å². The van der Waals surface area contributed by atoms with Crippen molar-refractivity contribution in [2.75, 3.05) is 27.2 Å². The van der Waals surface area contributed by atoms with Crippen molar-refractivity contribution in [1.82, 2.24) is 15.6 Å². The highest BCUT2D eigenvalue weighted by Gasteiger charge is 2.02. The Bertz CT molecular complexity index is 619. The standard InChI is InChI=1S/C18H24N4O.HI/c1-19-18(22-14-11-16-8-5-6-12-20-16)21-13-10-15-7-3-4-9-17(15)23-2;/h3-9,12H,10-11,13-14H2,1-2H3,(H2,19,21,22);1H. The van der Waals surface area contributed by atoms with Crippen molar-refractivity contribution < 1.29 is 4.74 Å². The summed E-state index contributed by atoms with van der Waals surface area (Å²) in [5.41, 5.74) is 2.26. The topological polar surface area (TPSA) is 58.5 Å². The van der Waals surface area contributed by atoms with Gasteiger partial charge in [-0.2, -0.15) is 0 Å². The highest BCUT2D eigenvalue weighted by Crippen LogP contribution is 2.17. The molecule has 1 aromatic carbocycles. The Balaban J connectivity index is 0.00000288. The molecule has 0 aliphatic heterocycles. The Labute approximate surface area is 161 Å². The number of nitrogens with zero attached hydrogens (tertiary/aromatic N) is 2. The number of hydrogen-bond donors (Lipinski definition) is 2. The number of methoxy groups -OCH3 is 1. The minimum Gasteiger partial charge on any atom is -0.496 e. The van der Waals surface area contributed by atoms with Crippen LogP contribution in [0.15, 0.2) is 53.7 Å². The van der Waals surface area contributed by atoms with Crippen LogP contribution in [-0.2, 0) is 12.8 Å². The Morgan fingerprint density at radius 1 is 1.04 bits per heavy atom. The summed E-state index contributed by atoms with van der Waals surface area (Å²) in [6.45, 7) is 1.59. The molecule has 0 amide bonds. The van der Waals surface area contributed by atoms with Crippen molar-refractivity contribution in [2.45, 2.75) is 12.8 Å². The van der Waals surface area contributed by atoms with E-state index in [4.69, 9.17) is 4.74 Å². The maximum absolute atomic E-state index is 5.36. The fourth-order valence-electron chi connectivity index (χ4n) is 2.30. The van der Waals surface area contributed by atoms with E-state index < -0.39 is 0 Å². The van der Waals surface area contributed by atoms with Gasteiger partial charge in [0, 0.05) is 38.4 Å². The average Bonchev–Trinajstić information content (AvgIpc) is 2.61. The third-order valence-corrected chi connectivity index (χ3v) is 3.50. The Kier molecular flexibility index (Phi) is 9.83. The predicted octanol–water partition coefficient (Wildman–Crippen LogP) is 2.66. The zero-order valence-corrected chi connectivity index (χ0v) is 16.5. The number of rotatable bonds is 7. The number of aromatic nitrogens is 1. The third-order valence-electron chi connectivity index (χ3n) is 3.50. The van der Waals surface area contributed by atoms with Gasteiger partial charge in [0.2, 0.25) is 0 Å². The Morgan fingerprint density at radius 2 is 1.75 bits per heavy atom. The number of hydrogen-bond acceptors (Lipinski definition) is 3. The van der Waals surface area contributed by atoms with Crippen molar-refractivity contribution in [3.05, 3.63) is 59.9 Å². The largest absolute Gasteiger partial charge is 0.496 e. The smallest absolute Gasteiger partial charge is 0.190 e. The molecule has 1 aromatic heterocycles. The molecule has 130 valence electrons. The molecule has 2 rings (SSSR count). The van der Waals surface area contributed by atoms with Crippen LogP contribution in [0.3, 0.4) is 0 Å². The lowest BCUT2D eigenvalue weighted by Gasteiger charge is -2.13. The van der Waals surface area contributed by atoms with Crippen molar-refractivity contribution in [1.29, 1.82) is 0 Å². The summed E-state index contributed by atoms with van der Waals surface area (Å²) in [7, 11) is 3.48. The van der Waals surface area contributed by atoms with Crippen LogP contribution in [-0.4, -0.2) is 38.2 Å². The molecule has 0 aliphatic carbocycles. The van der Waals surface area contributed by atoms with Crippen LogP contribution in [0.2, 0.25) is 0 Å². The van der Waals surface area contributed by atoms with Crippen molar-refractivity contribution >= 4 is 29.9 Å². The zero-order chi connectivity index (χ0) is 16.3. The van der Waals surface area contributed by atoms with Gasteiger partial charge in [-0.15, -0.1) is 24.0 Å². The van der Waals surface area contributed by atoms with E-state index in [-0.39, 0.29) is 24.0 Å². The molecule has 24 heavy (non-hydrogen) atoms. The second kappa shape index (κ2) is 11.7. The molecule has 2 N–H and O–H groups in total. The number of aliphatic imine (C=N–C) groups is 1. The maximum atomic E-state index is 5.36. The van der Waals surface area contributed by atoms with Gasteiger partial charge in [-0.1, -0.05) is 24.3 Å². The maximum Gasteiger partial charge on any atom is 0.190 e. The summed E-state index contributed by atoms with van der Waals surface area (Å²) in [4.78, 5) is 8.54. The first-order chi connectivity index (χ1) is 11.3. The minimum absolute atomic E-state index is 0. The summed E-state index contributed by atoms with van der Waals surface area (Å²) >= 11 is 0. The molecule has 0 unspecified atom stereocenters. The summed E-state index contributed by atoms with van der Waals surface area (Å²) in [6, 6.07) is 14.0. The van der Waals surface area contributed by atoms with Crippen molar-refractivity contribution in [3.8, 4) is 5.75 Å². The molecule has 6 heteroatoms. The Hall–Kier alpha value is -1.83. The first-order valence-corrected chi connectivity index (χ1v) is 7.80. The molecule has 0 radical (unpaired) electrons. The molecule has 0 spiro atoms. The van der Waals surface area contributed by atoms with E-state index in [1.807, 2.05) is 42.6 Å². The third kappa shape index (κ3) is 6.74. The normalized spacial score (nSPS) is 10.7. The van der Waals surface area contributed by atoms with E-state index in [0.717, 1.165) is 43.3 Å². The highest BCUT2D eigenvalue weighted by atomic mass is 127. The molecule has 0 saturated heterocycles. The second-order valence-electron chi connectivity index (χ2n) is 5.06. The lowest BCUT2D eigenvalue weighted by atomic mass is 10.1. The number of nitrogens with one attached hydrogen (secondary N) is 2. The van der Waals surface area contributed by atoms with Crippen LogP contribution in [0.4, 0.5) is 0 Å². The van der Waals surface area contributed by atoms with Gasteiger partial charge in [-0.25, -0.2) is 0 Å². The minimum atomic E-state index is 0. The lowest BCUT2D eigenvalue weighted by Crippen LogP contribution is -2.39. The van der Waals surface area contributed by atoms with Crippen LogP contribution in [0, 0.1) is 0 Å². The van der Waals surface area contributed by atoms with Crippen molar-refractivity contribution in [3.63, 3.8) is 0 Å². The molecular formula is C18H25IN4O. The number of halogens is 1. The van der Waals surface area contributed by atoms with Crippen LogP contribution >= 0.6 is 24.0 Å². The van der Waals surface area contributed by atoms with Gasteiger partial charge in [0.15, 0.2) is 5.96 Å². The quantitative estimate of drug-likeness (QED) is 0.395. The first-order valence-electron chi connectivity index (χ1n) is 7.80. The molecule has 0 atom stereocenters. The van der Waals surface area contributed by atoms with Gasteiger partial charge >= 0.3 is 0 Å². The number of benzene rings is 1. The number of ether oxygens (including phenoxy) is 1. The SMILES string of the molecule is CN=C(NCCc1ccccn1)NCCc1ccccc1OC.I. The predicted molar refractivity (Wildman–Crippen MR) is 109 cm³/mol. The molecule has 0 saturated carbocycles. The summed E-state index contributed by atoms with van der Waals surface area (Å²) in [5, 5.41) is 6.62. The number of pyridine rings is 1. The molecule has 2 aromatic rings. The molecule has 0 fully saturated rings. The van der Waals surface area contributed by atoms with E-state index in [1.54, 1.807) is 14.2 Å². The van der Waals surface area contributed by atoms with E-state index in [1.165, 1.54) is 5.56 Å². The van der Waals surface area contributed by atoms with E-state index >= 15 is 0 Å². The van der Waals surface area contributed by atoms with Gasteiger partial charge < -0.3 is 15.4 Å². The van der Waals surface area contributed by atoms with Gasteiger partial charge in [0.1, 0.15) is 5.75 Å². The zero-order valence-electron chi connectivity index (χ0n) is 14.2. The van der Waals surface area contributed by atoms with Crippen LogP contribution in [0.1, 0.15) is 11.3 Å². The van der Waals surface area contributed by atoms with E-state index in [2.05, 4.69) is 26.7 Å². The fraction of sp³-hybridized carbons (Fsp3) is 0.333. The molecule has 0 aliphatic rings. The monoisotopic (exact) mass is 440 g/mol. The average molecular weight is 440 g/mol. The number of para-hydroxylation sites is 1. The van der Waals surface area contributed by atoms with Crippen LogP contribution in [0.25, 0.3) is 0 Å². The van der Waals surface area contributed by atoms with Crippen molar-refractivity contribution in [2.24, 2.45) is 4.99 Å². The summed E-state index contributed by atoms with van der Waals surface area (Å²) in [6.07, 6.45) is 3.56. The lowest BCUT2D eigenvalue weighted by molar-refractivity contribution is 0.409. The Morgan fingerprint density at radius 3 is 2.42 bits per heavy atom. The van der Waals surface area contributed by atoms with E-state index in [0.29, 0.717) is 0 Å². The number of guanidine groups is 1. The highest BCUT2D eigenvalue weighted by molar-refractivity contribution is 14.0. The van der Waals surface area contributed by atoms with Crippen LogP contribution in [0.5, 0.6) is 5.75 Å². The van der Waals surface area contributed by atoms with Crippen LogP contribution < -0.4 is 15.4 Å². The fourth-order valence-corrected chi connectivity index (χ4v) is 2.30. The summed E-state index contributed by atoms with van der Waals surface area (Å²) in [5.74, 6) is 1.73. The van der Waals surface area contributed by atoms with Gasteiger partial charge in [0.25, 0.3) is 0 Å². The summed E-state index contributed by atoms with van der Waals surface area (Å²) < 4.78 is 5.36. The molecule has 5 nitrogen and oxygen atoms in total.